The van der Waals surface area contributed by atoms with Crippen LogP contribution in [0, 0.1) is 5.92 Å². The molecule has 0 radical (unpaired) electrons. The Balaban J connectivity index is 2.17. The van der Waals surface area contributed by atoms with Crippen LogP contribution in [-0.2, 0) is 0 Å². The molecule has 0 spiro atoms. The fraction of sp³-hybridized carbons (Fsp3) is 0.455. The number of hydrogen-bond acceptors (Lipinski definition) is 3. The molecule has 1 aliphatic rings. The molecule has 1 aliphatic heterocycles. The molecule has 2 rings (SSSR count). The van der Waals surface area contributed by atoms with Gasteiger partial charge in [-0.3, -0.25) is 0 Å². The first-order valence-electron chi connectivity index (χ1n) is 5.11. The Morgan fingerprint density at radius 3 is 2.93 bits per heavy atom. The van der Waals surface area contributed by atoms with Crippen LogP contribution in [0.25, 0.3) is 0 Å². The number of nitrogens with two attached hydrogens (primary N) is 1. The number of aliphatic hydroxyl groups excluding tert-OH is 1. The average Bonchev–Trinajstić information content (AvgIpc) is 2.66. The largest absolute Gasteiger partial charge is 0.399 e. The second kappa shape index (κ2) is 4.41. The summed E-state index contributed by atoms with van der Waals surface area (Å²) < 4.78 is 1.03. The van der Waals surface area contributed by atoms with E-state index in [0.717, 1.165) is 29.7 Å². The standard InChI is InChI=1S/C11H15BrN2O/c12-10-5-9(13)1-2-11(10)14-4-3-8(6-14)7-15/h1-2,5,8,15H,3-4,6-7,13H2. The zero-order valence-corrected chi connectivity index (χ0v) is 10.1. The fourth-order valence-corrected chi connectivity index (χ4v) is 2.63. The van der Waals surface area contributed by atoms with Gasteiger partial charge in [0, 0.05) is 35.8 Å². The third kappa shape index (κ3) is 2.26. The Kier molecular flexibility index (Phi) is 3.17. The lowest BCUT2D eigenvalue weighted by Gasteiger charge is -2.20. The van der Waals surface area contributed by atoms with Gasteiger partial charge in [-0.05, 0) is 40.5 Å². The molecular weight excluding hydrogens is 256 g/mol. The van der Waals surface area contributed by atoms with Gasteiger partial charge in [-0.2, -0.15) is 0 Å². The van der Waals surface area contributed by atoms with Gasteiger partial charge in [-0.1, -0.05) is 0 Å². The lowest BCUT2D eigenvalue weighted by atomic mass is 10.1. The number of nitrogens with zero attached hydrogens (tertiary/aromatic N) is 1. The predicted octanol–water partition coefficient (Wildman–Crippen LogP) is 1.85. The van der Waals surface area contributed by atoms with Gasteiger partial charge in [0.15, 0.2) is 0 Å². The van der Waals surface area contributed by atoms with E-state index < -0.39 is 0 Å². The number of rotatable bonds is 2. The molecule has 1 heterocycles. The molecule has 1 atom stereocenters. The van der Waals surface area contributed by atoms with Crippen LogP contribution in [0.4, 0.5) is 11.4 Å². The van der Waals surface area contributed by atoms with Crippen molar-refractivity contribution in [1.82, 2.24) is 0 Å². The molecule has 15 heavy (non-hydrogen) atoms. The minimum absolute atomic E-state index is 0.281. The third-order valence-corrected chi connectivity index (χ3v) is 3.49. The molecule has 4 heteroatoms. The Hall–Kier alpha value is -0.740. The molecule has 3 nitrogen and oxygen atoms in total. The third-order valence-electron chi connectivity index (χ3n) is 2.86. The molecule has 0 aliphatic carbocycles. The fourth-order valence-electron chi connectivity index (χ4n) is 1.98. The SMILES string of the molecule is Nc1ccc(N2CCC(CO)C2)c(Br)c1. The second-order valence-corrected chi connectivity index (χ2v) is 4.85. The lowest BCUT2D eigenvalue weighted by Crippen LogP contribution is -2.20. The monoisotopic (exact) mass is 270 g/mol. The number of halogens is 1. The summed E-state index contributed by atoms with van der Waals surface area (Å²) in [6.07, 6.45) is 1.06. The van der Waals surface area contributed by atoms with Crippen molar-refractivity contribution in [3.05, 3.63) is 22.7 Å². The van der Waals surface area contributed by atoms with Crippen molar-refractivity contribution >= 4 is 27.3 Å². The van der Waals surface area contributed by atoms with Crippen molar-refractivity contribution in [2.75, 3.05) is 30.3 Å². The molecule has 0 amide bonds. The number of aliphatic hydroxyl groups is 1. The zero-order valence-electron chi connectivity index (χ0n) is 8.49. The Morgan fingerprint density at radius 2 is 2.33 bits per heavy atom. The highest BCUT2D eigenvalue weighted by Crippen LogP contribution is 2.31. The van der Waals surface area contributed by atoms with Crippen molar-refractivity contribution in [1.29, 1.82) is 0 Å². The summed E-state index contributed by atoms with van der Waals surface area (Å²) in [4.78, 5) is 2.28. The molecule has 1 aromatic carbocycles. The van der Waals surface area contributed by atoms with E-state index in [9.17, 15) is 0 Å². The van der Waals surface area contributed by atoms with E-state index in [1.54, 1.807) is 0 Å². The molecule has 1 unspecified atom stereocenters. The quantitative estimate of drug-likeness (QED) is 0.807. The topological polar surface area (TPSA) is 49.5 Å². The van der Waals surface area contributed by atoms with E-state index in [4.69, 9.17) is 10.8 Å². The smallest absolute Gasteiger partial charge is 0.0512 e. The van der Waals surface area contributed by atoms with Crippen LogP contribution in [0.15, 0.2) is 22.7 Å². The van der Waals surface area contributed by atoms with Crippen molar-refractivity contribution in [2.45, 2.75) is 6.42 Å². The van der Waals surface area contributed by atoms with Crippen LogP contribution in [0.2, 0.25) is 0 Å². The van der Waals surface area contributed by atoms with Gasteiger partial charge >= 0.3 is 0 Å². The van der Waals surface area contributed by atoms with Gasteiger partial charge in [0.25, 0.3) is 0 Å². The summed E-state index contributed by atoms with van der Waals surface area (Å²) >= 11 is 3.51. The van der Waals surface area contributed by atoms with Crippen molar-refractivity contribution in [2.24, 2.45) is 5.92 Å². The van der Waals surface area contributed by atoms with E-state index in [-0.39, 0.29) is 6.61 Å². The number of benzene rings is 1. The molecular formula is C11H15BrN2O. The maximum absolute atomic E-state index is 9.09. The Bertz CT molecular complexity index is 356. The van der Waals surface area contributed by atoms with Gasteiger partial charge in [0.2, 0.25) is 0 Å². The highest BCUT2D eigenvalue weighted by molar-refractivity contribution is 9.10. The highest BCUT2D eigenvalue weighted by Gasteiger charge is 2.23. The van der Waals surface area contributed by atoms with Crippen LogP contribution in [0.1, 0.15) is 6.42 Å². The molecule has 0 saturated carbocycles. The normalized spacial score (nSPS) is 20.9. The molecule has 82 valence electrons. The minimum Gasteiger partial charge on any atom is -0.399 e. The Morgan fingerprint density at radius 1 is 1.53 bits per heavy atom. The lowest BCUT2D eigenvalue weighted by molar-refractivity contribution is 0.238. The van der Waals surface area contributed by atoms with Crippen LogP contribution >= 0.6 is 15.9 Å². The van der Waals surface area contributed by atoms with Gasteiger partial charge in [0.05, 0.1) is 5.69 Å². The summed E-state index contributed by atoms with van der Waals surface area (Å²) in [6.45, 7) is 2.22. The van der Waals surface area contributed by atoms with Crippen LogP contribution in [0.3, 0.4) is 0 Å². The van der Waals surface area contributed by atoms with Gasteiger partial charge in [-0.25, -0.2) is 0 Å². The summed E-state index contributed by atoms with van der Waals surface area (Å²) in [7, 11) is 0. The van der Waals surface area contributed by atoms with E-state index in [1.807, 2.05) is 18.2 Å². The van der Waals surface area contributed by atoms with Crippen molar-refractivity contribution in [3.8, 4) is 0 Å². The zero-order chi connectivity index (χ0) is 10.8. The maximum Gasteiger partial charge on any atom is 0.0512 e. The van der Waals surface area contributed by atoms with Crippen LogP contribution in [-0.4, -0.2) is 24.8 Å². The summed E-state index contributed by atoms with van der Waals surface area (Å²) in [5.41, 5.74) is 7.63. The number of anilines is 2. The van der Waals surface area contributed by atoms with E-state index in [0.29, 0.717) is 5.92 Å². The molecule has 1 saturated heterocycles. The van der Waals surface area contributed by atoms with Gasteiger partial charge < -0.3 is 15.7 Å². The predicted molar refractivity (Wildman–Crippen MR) is 66.0 cm³/mol. The maximum atomic E-state index is 9.09. The summed E-state index contributed by atoms with van der Waals surface area (Å²) in [5.74, 6) is 0.412. The van der Waals surface area contributed by atoms with Crippen molar-refractivity contribution in [3.63, 3.8) is 0 Å². The van der Waals surface area contributed by atoms with Gasteiger partial charge in [-0.15, -0.1) is 0 Å². The van der Waals surface area contributed by atoms with Crippen LogP contribution in [0.5, 0.6) is 0 Å². The Labute approximate surface area is 98.0 Å². The van der Waals surface area contributed by atoms with E-state index >= 15 is 0 Å². The number of hydrogen-bond donors (Lipinski definition) is 2. The first-order valence-corrected chi connectivity index (χ1v) is 5.91. The van der Waals surface area contributed by atoms with Crippen LogP contribution < -0.4 is 10.6 Å². The molecule has 0 aromatic heterocycles. The number of nitrogen functional groups attached to an aromatic ring is 1. The molecule has 0 bridgehead atoms. The summed E-state index contributed by atoms with van der Waals surface area (Å²) in [5, 5.41) is 9.09. The van der Waals surface area contributed by atoms with Gasteiger partial charge in [0.1, 0.15) is 0 Å². The molecule has 1 aromatic rings. The first kappa shape index (κ1) is 10.8. The van der Waals surface area contributed by atoms with E-state index in [1.165, 1.54) is 5.69 Å². The van der Waals surface area contributed by atoms with Crippen molar-refractivity contribution < 1.29 is 5.11 Å². The van der Waals surface area contributed by atoms with E-state index in [2.05, 4.69) is 20.8 Å². The minimum atomic E-state index is 0.281. The first-order chi connectivity index (χ1) is 7.20. The summed E-state index contributed by atoms with van der Waals surface area (Å²) in [6, 6.07) is 5.85. The highest BCUT2D eigenvalue weighted by atomic mass is 79.9. The molecule has 1 fully saturated rings. The molecule has 3 N–H and O–H groups in total. The second-order valence-electron chi connectivity index (χ2n) is 3.99. The average molecular weight is 271 g/mol.